The molecule has 0 radical (unpaired) electrons. The van der Waals surface area contributed by atoms with E-state index in [1.807, 2.05) is 24.3 Å². The highest BCUT2D eigenvalue weighted by Gasteiger charge is 2.30. The molecule has 0 saturated carbocycles. The number of hydrogen-bond acceptors (Lipinski definition) is 4. The third kappa shape index (κ3) is 6.25. The molecule has 0 aromatic heterocycles. The van der Waals surface area contributed by atoms with Gasteiger partial charge in [0.15, 0.2) is 6.29 Å². The van der Waals surface area contributed by atoms with Gasteiger partial charge in [0.2, 0.25) is 0 Å². The average Bonchev–Trinajstić information content (AvgIpc) is 2.69. The van der Waals surface area contributed by atoms with Crippen molar-refractivity contribution >= 4 is 17.7 Å². The van der Waals surface area contributed by atoms with Crippen molar-refractivity contribution in [2.75, 3.05) is 5.32 Å². The SMILES string of the molecule is CC(C)(C)c1ccc(Oc2ccc(Nc3ccc(OC(F)(F)F)cc3)cc2C=O)cc1. The van der Waals surface area contributed by atoms with Gasteiger partial charge in [0.1, 0.15) is 17.2 Å². The molecule has 0 saturated heterocycles. The van der Waals surface area contributed by atoms with Gasteiger partial charge in [-0.05, 0) is 65.6 Å². The number of anilines is 2. The van der Waals surface area contributed by atoms with Gasteiger partial charge in [0.25, 0.3) is 0 Å². The van der Waals surface area contributed by atoms with Crippen LogP contribution in [0.15, 0.2) is 66.7 Å². The maximum absolute atomic E-state index is 12.3. The number of rotatable bonds is 6. The van der Waals surface area contributed by atoms with Gasteiger partial charge < -0.3 is 14.8 Å². The number of alkyl halides is 3. The minimum atomic E-state index is -4.74. The first kappa shape index (κ1) is 22.2. The van der Waals surface area contributed by atoms with Gasteiger partial charge in [-0.15, -0.1) is 13.2 Å². The number of carbonyl (C=O) groups excluding carboxylic acids is 1. The quantitative estimate of drug-likeness (QED) is 0.420. The Morgan fingerprint density at radius 3 is 1.94 bits per heavy atom. The summed E-state index contributed by atoms with van der Waals surface area (Å²) in [7, 11) is 0. The molecule has 0 atom stereocenters. The lowest BCUT2D eigenvalue weighted by Gasteiger charge is -2.19. The molecule has 1 N–H and O–H groups in total. The smallest absolute Gasteiger partial charge is 0.457 e. The molecule has 0 spiro atoms. The Hall–Kier alpha value is -3.48. The number of nitrogens with one attached hydrogen (secondary N) is 1. The fourth-order valence-corrected chi connectivity index (χ4v) is 2.87. The molecular formula is C24H22F3NO3. The van der Waals surface area contributed by atoms with E-state index in [0.717, 1.165) is 0 Å². The summed E-state index contributed by atoms with van der Waals surface area (Å²) in [6.07, 6.45) is -4.05. The minimum absolute atomic E-state index is 0.0247. The normalized spacial score (nSPS) is 11.7. The van der Waals surface area contributed by atoms with E-state index >= 15 is 0 Å². The second-order valence-electron chi connectivity index (χ2n) is 7.94. The zero-order valence-corrected chi connectivity index (χ0v) is 17.3. The molecule has 3 aromatic rings. The molecule has 0 fully saturated rings. The first-order valence-electron chi connectivity index (χ1n) is 9.54. The third-order valence-corrected chi connectivity index (χ3v) is 4.46. The van der Waals surface area contributed by atoms with Crippen LogP contribution in [0.4, 0.5) is 24.5 Å². The summed E-state index contributed by atoms with van der Waals surface area (Å²) in [6, 6.07) is 18.0. The molecule has 162 valence electrons. The Bertz CT molecular complexity index is 1040. The maximum atomic E-state index is 12.3. The second kappa shape index (κ2) is 8.71. The van der Waals surface area contributed by atoms with Crippen LogP contribution in [0.5, 0.6) is 17.2 Å². The fourth-order valence-electron chi connectivity index (χ4n) is 2.87. The summed E-state index contributed by atoms with van der Waals surface area (Å²) < 4.78 is 46.5. The van der Waals surface area contributed by atoms with Crippen LogP contribution in [0.25, 0.3) is 0 Å². The van der Waals surface area contributed by atoms with Crippen molar-refractivity contribution in [3.05, 3.63) is 77.9 Å². The number of hydrogen-bond donors (Lipinski definition) is 1. The van der Waals surface area contributed by atoms with E-state index in [1.165, 1.54) is 29.8 Å². The molecule has 0 heterocycles. The fraction of sp³-hybridized carbons (Fsp3) is 0.208. The van der Waals surface area contributed by atoms with Crippen LogP contribution >= 0.6 is 0 Å². The topological polar surface area (TPSA) is 47.6 Å². The van der Waals surface area contributed by atoms with Gasteiger partial charge in [-0.25, -0.2) is 0 Å². The number of halogens is 3. The van der Waals surface area contributed by atoms with Gasteiger partial charge in [0.05, 0.1) is 5.56 Å². The summed E-state index contributed by atoms with van der Waals surface area (Å²) in [5, 5.41) is 3.03. The van der Waals surface area contributed by atoms with E-state index in [0.29, 0.717) is 34.7 Å². The molecule has 0 amide bonds. The Kier molecular flexibility index (Phi) is 6.24. The largest absolute Gasteiger partial charge is 0.573 e. The van der Waals surface area contributed by atoms with Crippen LogP contribution < -0.4 is 14.8 Å². The number of benzene rings is 3. The predicted octanol–water partition coefficient (Wildman–Crippen LogP) is 7.23. The first-order valence-corrected chi connectivity index (χ1v) is 9.54. The van der Waals surface area contributed by atoms with Crippen LogP contribution in [0.2, 0.25) is 0 Å². The van der Waals surface area contributed by atoms with Crippen LogP contribution in [0.3, 0.4) is 0 Å². The molecule has 0 unspecified atom stereocenters. The van der Waals surface area contributed by atoms with Crippen LogP contribution in [-0.4, -0.2) is 12.6 Å². The van der Waals surface area contributed by atoms with Crippen LogP contribution in [-0.2, 0) is 5.41 Å². The highest BCUT2D eigenvalue weighted by Crippen LogP contribution is 2.31. The van der Waals surface area contributed by atoms with E-state index < -0.39 is 6.36 Å². The summed E-state index contributed by atoms with van der Waals surface area (Å²) in [4.78, 5) is 11.6. The molecule has 7 heteroatoms. The van der Waals surface area contributed by atoms with Gasteiger partial charge in [-0.3, -0.25) is 4.79 Å². The zero-order chi connectivity index (χ0) is 22.6. The minimum Gasteiger partial charge on any atom is -0.457 e. The lowest BCUT2D eigenvalue weighted by atomic mass is 9.87. The van der Waals surface area contributed by atoms with Gasteiger partial charge >= 0.3 is 6.36 Å². The molecule has 0 aliphatic carbocycles. The maximum Gasteiger partial charge on any atom is 0.573 e. The monoisotopic (exact) mass is 429 g/mol. The van der Waals surface area contributed by atoms with Crippen molar-refractivity contribution in [1.29, 1.82) is 0 Å². The Morgan fingerprint density at radius 2 is 1.39 bits per heavy atom. The number of aldehydes is 1. The summed E-state index contributed by atoms with van der Waals surface area (Å²) in [5.41, 5.74) is 2.65. The lowest BCUT2D eigenvalue weighted by Crippen LogP contribution is -2.16. The Labute approximate surface area is 178 Å². The standard InChI is InChI=1S/C24H22F3NO3/c1-23(2,3)17-4-9-20(10-5-17)30-22-13-8-19(14-16(22)15-29)28-18-6-11-21(12-7-18)31-24(25,26)27/h4-15,28H,1-3H3. The molecule has 3 aromatic carbocycles. The van der Waals surface area contributed by atoms with Crippen molar-refractivity contribution in [2.24, 2.45) is 0 Å². The van der Waals surface area contributed by atoms with Crippen molar-refractivity contribution in [1.82, 2.24) is 0 Å². The first-order chi connectivity index (χ1) is 14.5. The van der Waals surface area contributed by atoms with Crippen molar-refractivity contribution in [3.63, 3.8) is 0 Å². The molecule has 31 heavy (non-hydrogen) atoms. The second-order valence-corrected chi connectivity index (χ2v) is 7.94. The van der Waals surface area contributed by atoms with Gasteiger partial charge in [0, 0.05) is 11.4 Å². The van der Waals surface area contributed by atoms with E-state index in [1.54, 1.807) is 18.2 Å². The van der Waals surface area contributed by atoms with Crippen molar-refractivity contribution < 1.29 is 27.4 Å². The zero-order valence-electron chi connectivity index (χ0n) is 17.3. The lowest BCUT2D eigenvalue weighted by molar-refractivity contribution is -0.274. The summed E-state index contributed by atoms with van der Waals surface area (Å²) >= 11 is 0. The third-order valence-electron chi connectivity index (χ3n) is 4.46. The van der Waals surface area contributed by atoms with E-state index in [2.05, 4.69) is 30.8 Å². The molecule has 0 aliphatic rings. The Morgan fingerprint density at radius 1 is 0.806 bits per heavy atom. The van der Waals surface area contributed by atoms with Crippen molar-refractivity contribution in [3.8, 4) is 17.2 Å². The van der Waals surface area contributed by atoms with E-state index in [9.17, 15) is 18.0 Å². The molecule has 0 aliphatic heterocycles. The van der Waals surface area contributed by atoms with Gasteiger partial charge in [-0.1, -0.05) is 32.9 Å². The molecule has 0 bridgehead atoms. The van der Waals surface area contributed by atoms with Crippen LogP contribution in [0.1, 0.15) is 36.7 Å². The van der Waals surface area contributed by atoms with Gasteiger partial charge in [-0.2, -0.15) is 0 Å². The van der Waals surface area contributed by atoms with Crippen molar-refractivity contribution in [2.45, 2.75) is 32.5 Å². The molecular weight excluding hydrogens is 407 g/mol. The number of carbonyl (C=O) groups is 1. The predicted molar refractivity (Wildman–Crippen MR) is 113 cm³/mol. The highest BCUT2D eigenvalue weighted by molar-refractivity contribution is 5.82. The average molecular weight is 429 g/mol. The summed E-state index contributed by atoms with van der Waals surface area (Å²) in [5.74, 6) is 0.697. The van der Waals surface area contributed by atoms with Crippen LogP contribution in [0, 0.1) is 0 Å². The highest BCUT2D eigenvalue weighted by atomic mass is 19.4. The summed E-state index contributed by atoms with van der Waals surface area (Å²) in [6.45, 7) is 6.36. The molecule has 3 rings (SSSR count). The molecule has 4 nitrogen and oxygen atoms in total. The number of ether oxygens (including phenoxy) is 2. The van der Waals surface area contributed by atoms with E-state index in [4.69, 9.17) is 4.74 Å². The van der Waals surface area contributed by atoms with E-state index in [-0.39, 0.29) is 11.2 Å². The Balaban J connectivity index is 1.72.